The van der Waals surface area contributed by atoms with E-state index in [9.17, 15) is 9.59 Å². The summed E-state index contributed by atoms with van der Waals surface area (Å²) in [5.74, 6) is 0.0864. The molecule has 7 heteroatoms. The molecule has 1 N–H and O–H groups in total. The Bertz CT molecular complexity index is 686. The number of hydrogen-bond acceptors (Lipinski definition) is 6. The van der Waals surface area contributed by atoms with Gasteiger partial charge in [0.1, 0.15) is 10.6 Å². The third-order valence-electron chi connectivity index (χ3n) is 2.66. The summed E-state index contributed by atoms with van der Waals surface area (Å²) < 4.78 is 5.01. The van der Waals surface area contributed by atoms with Crippen LogP contribution in [0.1, 0.15) is 28.5 Å². The van der Waals surface area contributed by atoms with Gasteiger partial charge in [0.05, 0.1) is 6.61 Å². The molecule has 2 aromatic heterocycles. The summed E-state index contributed by atoms with van der Waals surface area (Å²) in [4.78, 5) is 33.9. The topological polar surface area (TPSA) is 84.9 Å². The molecule has 0 spiro atoms. The summed E-state index contributed by atoms with van der Waals surface area (Å²) in [5.41, 5.74) is 1.28. The minimum Gasteiger partial charge on any atom is -0.462 e. The second-order valence-electron chi connectivity index (χ2n) is 4.22. The molecule has 0 saturated heterocycles. The zero-order valence-electron chi connectivity index (χ0n) is 11.8. The molecule has 0 fully saturated rings. The van der Waals surface area contributed by atoms with Crippen LogP contribution in [0, 0.1) is 6.92 Å². The Morgan fingerprint density at radius 2 is 2.29 bits per heavy atom. The molecule has 0 aliphatic rings. The average molecular weight is 305 g/mol. The fourth-order valence-corrected chi connectivity index (χ4v) is 2.75. The van der Waals surface area contributed by atoms with Crippen molar-refractivity contribution < 1.29 is 9.53 Å². The number of carbonyl (C=O) groups excluding carboxylic acids is 1. The zero-order valence-corrected chi connectivity index (χ0v) is 12.6. The van der Waals surface area contributed by atoms with Gasteiger partial charge in [-0.05, 0) is 25.5 Å². The monoisotopic (exact) mass is 305 g/mol. The number of nitrogens with one attached hydrogen (secondary N) is 1. The van der Waals surface area contributed by atoms with E-state index in [0.29, 0.717) is 22.0 Å². The third kappa shape index (κ3) is 3.91. The van der Waals surface area contributed by atoms with Gasteiger partial charge in [0.2, 0.25) is 0 Å². The molecule has 2 rings (SSSR count). The van der Waals surface area contributed by atoms with E-state index in [1.54, 1.807) is 26.2 Å². The smallest absolute Gasteiger partial charge is 0.346 e. The van der Waals surface area contributed by atoms with Crippen molar-refractivity contribution in [3.8, 4) is 0 Å². The molecule has 2 heterocycles. The molecule has 0 aromatic carbocycles. The molecule has 21 heavy (non-hydrogen) atoms. The zero-order chi connectivity index (χ0) is 15.2. The van der Waals surface area contributed by atoms with Crippen LogP contribution in [-0.2, 0) is 10.5 Å². The van der Waals surface area contributed by atoms with Gasteiger partial charge in [-0.25, -0.2) is 9.59 Å². The normalized spacial score (nSPS) is 10.4. The Balaban J connectivity index is 2.29. The SMILES string of the molecule is CCOC(=O)c1c(SCc2cccnc2)nc(=O)[nH]c1C. The lowest BCUT2D eigenvalue weighted by Gasteiger charge is -2.09. The second-order valence-corrected chi connectivity index (χ2v) is 5.18. The van der Waals surface area contributed by atoms with Crippen LogP contribution < -0.4 is 5.69 Å². The van der Waals surface area contributed by atoms with E-state index in [2.05, 4.69) is 15.0 Å². The standard InChI is InChI=1S/C14H15N3O3S/c1-3-20-13(18)11-9(2)16-14(19)17-12(11)21-8-10-5-4-6-15-7-10/h4-7H,3,8H2,1-2H3,(H,16,17,19). The molecule has 0 aliphatic carbocycles. The van der Waals surface area contributed by atoms with E-state index >= 15 is 0 Å². The number of ether oxygens (including phenoxy) is 1. The molecule has 0 saturated carbocycles. The number of aryl methyl sites for hydroxylation is 1. The number of carbonyl (C=O) groups is 1. The number of aromatic amines is 1. The lowest BCUT2D eigenvalue weighted by molar-refractivity contribution is 0.0519. The Hall–Kier alpha value is -2.15. The highest BCUT2D eigenvalue weighted by molar-refractivity contribution is 7.98. The van der Waals surface area contributed by atoms with Crippen molar-refractivity contribution in [2.75, 3.05) is 6.61 Å². The molecule has 0 unspecified atom stereocenters. The van der Waals surface area contributed by atoms with Crippen LogP contribution >= 0.6 is 11.8 Å². The van der Waals surface area contributed by atoms with Crippen molar-refractivity contribution >= 4 is 17.7 Å². The fourth-order valence-electron chi connectivity index (χ4n) is 1.74. The third-order valence-corrected chi connectivity index (χ3v) is 3.71. The summed E-state index contributed by atoms with van der Waals surface area (Å²) in [6, 6.07) is 3.75. The summed E-state index contributed by atoms with van der Waals surface area (Å²) in [5, 5.41) is 0.374. The Kier molecular flexibility index (Phi) is 5.10. The quantitative estimate of drug-likeness (QED) is 0.516. The largest absolute Gasteiger partial charge is 0.462 e. The van der Waals surface area contributed by atoms with Crippen molar-refractivity contribution in [1.29, 1.82) is 0 Å². The van der Waals surface area contributed by atoms with Crippen LogP contribution in [0.5, 0.6) is 0 Å². The molecule has 0 amide bonds. The number of H-pyrrole nitrogens is 1. The molecular formula is C14H15N3O3S. The molecular weight excluding hydrogens is 290 g/mol. The first-order chi connectivity index (χ1) is 10.1. The number of pyridine rings is 1. The maximum Gasteiger partial charge on any atom is 0.346 e. The molecule has 110 valence electrons. The van der Waals surface area contributed by atoms with Gasteiger partial charge in [-0.15, -0.1) is 11.8 Å². The summed E-state index contributed by atoms with van der Waals surface area (Å²) in [6.07, 6.45) is 3.42. The first-order valence-corrected chi connectivity index (χ1v) is 7.40. The van der Waals surface area contributed by atoms with Crippen LogP contribution in [0.15, 0.2) is 34.3 Å². The van der Waals surface area contributed by atoms with Crippen LogP contribution in [0.4, 0.5) is 0 Å². The minimum atomic E-state index is -0.479. The van der Waals surface area contributed by atoms with Crippen molar-refractivity contribution in [3.05, 3.63) is 51.8 Å². The molecule has 0 radical (unpaired) electrons. The number of hydrogen-bond donors (Lipinski definition) is 1. The maximum atomic E-state index is 12.0. The van der Waals surface area contributed by atoms with E-state index in [1.165, 1.54) is 11.8 Å². The number of esters is 1. The average Bonchev–Trinajstić information content (AvgIpc) is 2.45. The van der Waals surface area contributed by atoms with Crippen molar-refractivity contribution in [2.45, 2.75) is 24.6 Å². The lowest BCUT2D eigenvalue weighted by Crippen LogP contribution is -2.19. The van der Waals surface area contributed by atoms with Gasteiger partial charge in [0.25, 0.3) is 0 Å². The van der Waals surface area contributed by atoms with E-state index in [0.717, 1.165) is 5.56 Å². The molecule has 6 nitrogen and oxygen atoms in total. The van der Waals surface area contributed by atoms with E-state index in [-0.39, 0.29) is 6.61 Å². The lowest BCUT2D eigenvalue weighted by atomic mass is 10.2. The van der Waals surface area contributed by atoms with Gasteiger partial charge >= 0.3 is 11.7 Å². The van der Waals surface area contributed by atoms with Crippen molar-refractivity contribution in [1.82, 2.24) is 15.0 Å². The van der Waals surface area contributed by atoms with Gasteiger partial charge in [-0.3, -0.25) is 4.98 Å². The summed E-state index contributed by atoms with van der Waals surface area (Å²) in [6.45, 7) is 3.66. The van der Waals surface area contributed by atoms with Crippen LogP contribution in [0.2, 0.25) is 0 Å². The summed E-state index contributed by atoms with van der Waals surface area (Å²) >= 11 is 1.31. The first kappa shape index (κ1) is 15.2. The van der Waals surface area contributed by atoms with Gasteiger partial charge in [0, 0.05) is 23.8 Å². The van der Waals surface area contributed by atoms with Gasteiger partial charge in [-0.1, -0.05) is 6.07 Å². The van der Waals surface area contributed by atoms with Crippen molar-refractivity contribution in [2.24, 2.45) is 0 Å². The minimum absolute atomic E-state index is 0.268. The van der Waals surface area contributed by atoms with Gasteiger partial charge in [0.15, 0.2) is 0 Å². The molecule has 0 aliphatic heterocycles. The number of nitrogens with zero attached hydrogens (tertiary/aromatic N) is 2. The predicted molar refractivity (Wildman–Crippen MR) is 79.3 cm³/mol. The Labute approximate surface area is 126 Å². The summed E-state index contributed by atoms with van der Waals surface area (Å²) in [7, 11) is 0. The van der Waals surface area contributed by atoms with Crippen LogP contribution in [-0.4, -0.2) is 27.5 Å². The molecule has 0 atom stereocenters. The first-order valence-electron chi connectivity index (χ1n) is 6.41. The van der Waals surface area contributed by atoms with E-state index in [4.69, 9.17) is 4.74 Å². The highest BCUT2D eigenvalue weighted by Gasteiger charge is 2.19. The maximum absolute atomic E-state index is 12.0. The van der Waals surface area contributed by atoms with Crippen LogP contribution in [0.3, 0.4) is 0 Å². The Morgan fingerprint density at radius 3 is 2.95 bits per heavy atom. The molecule has 0 bridgehead atoms. The second kappa shape index (κ2) is 7.03. The van der Waals surface area contributed by atoms with E-state index < -0.39 is 11.7 Å². The Morgan fingerprint density at radius 1 is 1.48 bits per heavy atom. The molecule has 2 aromatic rings. The number of aromatic nitrogens is 3. The highest BCUT2D eigenvalue weighted by Crippen LogP contribution is 2.25. The predicted octanol–water partition coefficient (Wildman–Crippen LogP) is 1.94. The van der Waals surface area contributed by atoms with Crippen LogP contribution in [0.25, 0.3) is 0 Å². The number of rotatable bonds is 5. The highest BCUT2D eigenvalue weighted by atomic mass is 32.2. The van der Waals surface area contributed by atoms with Crippen molar-refractivity contribution in [3.63, 3.8) is 0 Å². The van der Waals surface area contributed by atoms with Gasteiger partial charge < -0.3 is 9.72 Å². The van der Waals surface area contributed by atoms with E-state index in [1.807, 2.05) is 12.1 Å². The fraction of sp³-hybridized carbons (Fsp3) is 0.286. The number of thioether (sulfide) groups is 1. The van der Waals surface area contributed by atoms with Gasteiger partial charge in [-0.2, -0.15) is 4.98 Å².